The van der Waals surface area contributed by atoms with E-state index in [1.807, 2.05) is 36.8 Å². The van der Waals surface area contributed by atoms with Crippen molar-refractivity contribution in [3.05, 3.63) is 58.3 Å². The summed E-state index contributed by atoms with van der Waals surface area (Å²) < 4.78 is 13.6. The van der Waals surface area contributed by atoms with E-state index in [4.69, 9.17) is 9.47 Å². The zero-order chi connectivity index (χ0) is 20.1. The molecule has 28 heavy (non-hydrogen) atoms. The molecule has 1 fully saturated rings. The van der Waals surface area contributed by atoms with Gasteiger partial charge in [0, 0.05) is 11.8 Å². The first kappa shape index (κ1) is 20.4. The summed E-state index contributed by atoms with van der Waals surface area (Å²) in [4.78, 5) is 15.9. The summed E-state index contributed by atoms with van der Waals surface area (Å²) in [5.74, 6) is 0.843. The lowest BCUT2D eigenvalue weighted by Gasteiger charge is -2.34. The highest BCUT2D eigenvalue weighted by atomic mass is 16.6. The van der Waals surface area contributed by atoms with Crippen molar-refractivity contribution in [2.75, 3.05) is 6.61 Å². The number of hydrogen-bond acceptors (Lipinski definition) is 4. The molecule has 0 N–H and O–H groups in total. The average molecular weight is 385 g/mol. The minimum Gasteiger partial charge on any atom is -0.494 e. The van der Waals surface area contributed by atoms with E-state index in [1.165, 1.54) is 37.7 Å². The molecule has 3 rings (SSSR count). The minimum atomic E-state index is -0.204. The van der Waals surface area contributed by atoms with Gasteiger partial charge in [-0.3, -0.25) is 9.36 Å². The first-order valence-corrected chi connectivity index (χ1v) is 10.4. The van der Waals surface area contributed by atoms with Crippen molar-refractivity contribution in [2.24, 2.45) is 5.41 Å². The van der Waals surface area contributed by atoms with Crippen LogP contribution in [-0.2, 0) is 17.7 Å². The molecule has 1 unspecified atom stereocenters. The van der Waals surface area contributed by atoms with Crippen molar-refractivity contribution in [3.8, 4) is 6.01 Å². The molecule has 5 nitrogen and oxygen atoms in total. The second-order valence-corrected chi connectivity index (χ2v) is 8.14. The van der Waals surface area contributed by atoms with Crippen LogP contribution in [0.4, 0.5) is 0 Å². The van der Waals surface area contributed by atoms with Gasteiger partial charge in [0.1, 0.15) is 6.61 Å². The molecule has 0 amide bonds. The van der Waals surface area contributed by atoms with Crippen molar-refractivity contribution in [1.29, 1.82) is 0 Å². The molecule has 0 radical (unpaired) electrons. The highest BCUT2D eigenvalue weighted by molar-refractivity contribution is 5.29. The predicted octanol–water partition coefficient (Wildman–Crippen LogP) is 4.57. The maximum absolute atomic E-state index is 11.9. The number of aromatic nitrogens is 2. The molecule has 0 spiro atoms. The third-order valence-corrected chi connectivity index (χ3v) is 5.95. The van der Waals surface area contributed by atoms with E-state index in [0.717, 1.165) is 5.76 Å². The predicted molar refractivity (Wildman–Crippen MR) is 111 cm³/mol. The van der Waals surface area contributed by atoms with Crippen molar-refractivity contribution in [1.82, 2.24) is 9.55 Å². The Labute approximate surface area is 167 Å². The molecule has 2 aliphatic rings. The standard InChI is InChI=1S/C23H32N2O3/c1-5-18-14-25-15-20(28-22(25)24-21(18)26)16-27-17(3)10-11-19(6-2)23(4)12-8-7-9-13-23/h6,10-11,14,20H,2,5,7-9,12-13,15-16H2,1,3-4H3. The smallest absolute Gasteiger partial charge is 0.300 e. The lowest BCUT2D eigenvalue weighted by atomic mass is 9.70. The monoisotopic (exact) mass is 384 g/mol. The maximum Gasteiger partial charge on any atom is 0.300 e. The number of fused-ring (bicyclic) bond motifs is 1. The zero-order valence-corrected chi connectivity index (χ0v) is 17.4. The fraction of sp³-hybridized carbons (Fsp3) is 0.565. The molecule has 152 valence electrons. The molecule has 1 aliphatic carbocycles. The SMILES string of the molecule is C=CC(=CC=C(C)OCC1Cn2cc(CC)c(=O)nc2O1)C1(C)CCCCC1. The zero-order valence-electron chi connectivity index (χ0n) is 17.4. The van der Waals surface area contributed by atoms with Crippen LogP contribution < -0.4 is 10.3 Å². The molecule has 1 aromatic heterocycles. The Balaban J connectivity index is 1.58. The number of nitrogens with zero attached hydrogens (tertiary/aromatic N) is 2. The topological polar surface area (TPSA) is 53.4 Å². The van der Waals surface area contributed by atoms with E-state index in [-0.39, 0.29) is 17.1 Å². The van der Waals surface area contributed by atoms with Crippen LogP contribution in [0.5, 0.6) is 6.01 Å². The van der Waals surface area contributed by atoms with Crippen molar-refractivity contribution in [3.63, 3.8) is 0 Å². The van der Waals surface area contributed by atoms with Crippen LogP contribution >= 0.6 is 0 Å². The van der Waals surface area contributed by atoms with Gasteiger partial charge in [0.05, 0.1) is 12.3 Å². The number of ether oxygens (including phenoxy) is 2. The Morgan fingerprint density at radius 3 is 2.82 bits per heavy atom. The summed E-state index contributed by atoms with van der Waals surface area (Å²) in [7, 11) is 0. The van der Waals surface area contributed by atoms with E-state index in [9.17, 15) is 4.79 Å². The summed E-state index contributed by atoms with van der Waals surface area (Å²) in [5, 5.41) is 0. The average Bonchev–Trinajstić information content (AvgIpc) is 3.08. The lowest BCUT2D eigenvalue weighted by molar-refractivity contribution is 0.100. The van der Waals surface area contributed by atoms with Gasteiger partial charge in [-0.15, -0.1) is 0 Å². The number of allylic oxidation sites excluding steroid dienone is 5. The van der Waals surface area contributed by atoms with Gasteiger partial charge in [0.15, 0.2) is 6.10 Å². The van der Waals surface area contributed by atoms with Crippen LogP contribution in [-0.4, -0.2) is 22.3 Å². The van der Waals surface area contributed by atoms with E-state index in [2.05, 4.69) is 24.6 Å². The minimum absolute atomic E-state index is 0.138. The van der Waals surface area contributed by atoms with Gasteiger partial charge in [0.2, 0.25) is 0 Å². The summed E-state index contributed by atoms with van der Waals surface area (Å²) in [6, 6.07) is 0.386. The molecule has 0 saturated heterocycles. The summed E-state index contributed by atoms with van der Waals surface area (Å²) in [6.45, 7) is 11.3. The normalized spacial score (nSPS) is 21.8. The summed E-state index contributed by atoms with van der Waals surface area (Å²) in [5.41, 5.74) is 2.02. The lowest BCUT2D eigenvalue weighted by Crippen LogP contribution is -2.22. The quantitative estimate of drug-likeness (QED) is 0.510. The molecule has 2 heterocycles. The molecule has 0 bridgehead atoms. The first-order chi connectivity index (χ1) is 13.4. The first-order valence-electron chi connectivity index (χ1n) is 10.4. The van der Waals surface area contributed by atoms with E-state index < -0.39 is 0 Å². The third-order valence-electron chi connectivity index (χ3n) is 5.95. The summed E-state index contributed by atoms with van der Waals surface area (Å²) >= 11 is 0. The van der Waals surface area contributed by atoms with Gasteiger partial charge in [-0.05, 0) is 43.3 Å². The van der Waals surface area contributed by atoms with Crippen molar-refractivity contribution in [2.45, 2.75) is 71.9 Å². The van der Waals surface area contributed by atoms with Crippen molar-refractivity contribution < 1.29 is 9.47 Å². The Bertz CT molecular complexity index is 829. The van der Waals surface area contributed by atoms with Crippen LogP contribution in [0.1, 0.15) is 58.4 Å². The van der Waals surface area contributed by atoms with Gasteiger partial charge in [-0.1, -0.05) is 51.8 Å². The van der Waals surface area contributed by atoms with Crippen LogP contribution in [0, 0.1) is 5.41 Å². The highest BCUT2D eigenvalue weighted by Crippen LogP contribution is 2.42. The molecular formula is C23H32N2O3. The Hall–Kier alpha value is -2.30. The van der Waals surface area contributed by atoms with Gasteiger partial charge < -0.3 is 9.47 Å². The van der Waals surface area contributed by atoms with Gasteiger partial charge in [0.25, 0.3) is 11.6 Å². The summed E-state index contributed by atoms with van der Waals surface area (Å²) in [6.07, 6.45) is 14.9. The number of aryl methyl sites for hydroxylation is 1. The molecule has 1 saturated carbocycles. The van der Waals surface area contributed by atoms with E-state index >= 15 is 0 Å². The van der Waals surface area contributed by atoms with Gasteiger partial charge in [-0.2, -0.15) is 4.98 Å². The fourth-order valence-electron chi connectivity index (χ4n) is 4.10. The molecule has 0 aromatic carbocycles. The molecular weight excluding hydrogens is 352 g/mol. The molecule has 5 heteroatoms. The molecule has 1 aromatic rings. The Morgan fingerprint density at radius 2 is 2.14 bits per heavy atom. The van der Waals surface area contributed by atoms with Crippen molar-refractivity contribution >= 4 is 0 Å². The Morgan fingerprint density at radius 1 is 1.39 bits per heavy atom. The highest BCUT2D eigenvalue weighted by Gasteiger charge is 2.29. The Kier molecular flexibility index (Phi) is 6.42. The van der Waals surface area contributed by atoms with Gasteiger partial charge >= 0.3 is 0 Å². The number of rotatable bonds is 7. The second-order valence-electron chi connectivity index (χ2n) is 8.14. The third kappa shape index (κ3) is 4.57. The van der Waals surface area contributed by atoms with Crippen LogP contribution in [0.25, 0.3) is 0 Å². The largest absolute Gasteiger partial charge is 0.494 e. The van der Waals surface area contributed by atoms with Crippen LogP contribution in [0.3, 0.4) is 0 Å². The second kappa shape index (κ2) is 8.80. The van der Waals surface area contributed by atoms with E-state index in [0.29, 0.717) is 31.1 Å². The van der Waals surface area contributed by atoms with Crippen LogP contribution in [0.2, 0.25) is 0 Å². The molecule has 1 aliphatic heterocycles. The fourth-order valence-corrected chi connectivity index (χ4v) is 4.10. The van der Waals surface area contributed by atoms with Crippen LogP contribution in [0.15, 0.2) is 47.1 Å². The van der Waals surface area contributed by atoms with Gasteiger partial charge in [-0.25, -0.2) is 0 Å². The number of hydrogen-bond donors (Lipinski definition) is 0. The van der Waals surface area contributed by atoms with E-state index in [1.54, 1.807) is 0 Å². The maximum atomic E-state index is 11.9. The molecule has 1 atom stereocenters.